The van der Waals surface area contributed by atoms with Gasteiger partial charge < -0.3 is 5.73 Å². The Morgan fingerprint density at radius 2 is 1.90 bits per heavy atom. The van der Waals surface area contributed by atoms with Gasteiger partial charge in [0.05, 0.1) is 6.04 Å². The van der Waals surface area contributed by atoms with Gasteiger partial charge in [0.25, 0.3) is 0 Å². The van der Waals surface area contributed by atoms with E-state index in [1.165, 1.54) is 6.92 Å². The Kier molecular flexibility index (Phi) is 7.15. The van der Waals surface area contributed by atoms with Gasteiger partial charge in [0.15, 0.2) is 0 Å². The third-order valence-corrected chi connectivity index (χ3v) is 1.25. The van der Waals surface area contributed by atoms with E-state index in [9.17, 15) is 4.79 Å². The molecule has 0 fully saturated rings. The quantitative estimate of drug-likeness (QED) is 0.687. The summed E-state index contributed by atoms with van der Waals surface area (Å²) in [4.78, 5) is 10.6. The van der Waals surface area contributed by atoms with Gasteiger partial charge in [-0.15, -0.1) is 12.4 Å². The average molecular weight is 166 g/mol. The largest absolute Gasteiger partial charge is 0.322 e. The van der Waals surface area contributed by atoms with Gasteiger partial charge in [0.1, 0.15) is 5.78 Å². The smallest absolute Gasteiger partial charge is 0.146 e. The summed E-state index contributed by atoms with van der Waals surface area (Å²) in [7, 11) is 0. The van der Waals surface area contributed by atoms with E-state index < -0.39 is 0 Å². The summed E-state index contributed by atoms with van der Waals surface area (Å²) in [5.74, 6) is 0.604. The van der Waals surface area contributed by atoms with Gasteiger partial charge in [-0.3, -0.25) is 4.79 Å². The van der Waals surface area contributed by atoms with Crippen molar-refractivity contribution in [2.45, 2.75) is 33.2 Å². The molecule has 0 aromatic carbocycles. The molecule has 2 N–H and O–H groups in total. The van der Waals surface area contributed by atoms with Gasteiger partial charge in [-0.05, 0) is 19.3 Å². The Morgan fingerprint density at radius 3 is 2.00 bits per heavy atom. The molecule has 0 heterocycles. The molecule has 0 amide bonds. The molecule has 10 heavy (non-hydrogen) atoms. The molecule has 0 unspecified atom stereocenters. The van der Waals surface area contributed by atoms with Crippen LogP contribution in [-0.2, 0) is 4.79 Å². The van der Waals surface area contributed by atoms with Gasteiger partial charge in [-0.2, -0.15) is 0 Å². The molecule has 0 aliphatic carbocycles. The molecule has 0 bridgehead atoms. The van der Waals surface area contributed by atoms with E-state index >= 15 is 0 Å². The van der Waals surface area contributed by atoms with Crippen LogP contribution in [0.3, 0.4) is 0 Å². The van der Waals surface area contributed by atoms with Crippen LogP contribution >= 0.6 is 12.4 Å². The fourth-order valence-electron chi connectivity index (χ4n) is 0.674. The van der Waals surface area contributed by atoms with Crippen molar-refractivity contribution in [3.8, 4) is 0 Å². The molecule has 62 valence electrons. The summed E-state index contributed by atoms with van der Waals surface area (Å²) in [5, 5.41) is 0. The second kappa shape index (κ2) is 5.69. The van der Waals surface area contributed by atoms with Crippen molar-refractivity contribution < 1.29 is 4.79 Å². The second-order valence-electron chi connectivity index (χ2n) is 2.85. The van der Waals surface area contributed by atoms with E-state index in [-0.39, 0.29) is 24.2 Å². The van der Waals surface area contributed by atoms with Crippen molar-refractivity contribution in [2.24, 2.45) is 11.7 Å². The van der Waals surface area contributed by atoms with Crippen molar-refractivity contribution >= 4 is 18.2 Å². The van der Waals surface area contributed by atoms with Crippen LogP contribution in [0.25, 0.3) is 0 Å². The number of hydrogen-bond donors (Lipinski definition) is 1. The first-order valence-corrected chi connectivity index (χ1v) is 3.30. The highest BCUT2D eigenvalue weighted by Gasteiger charge is 2.08. The first-order chi connectivity index (χ1) is 4.04. The van der Waals surface area contributed by atoms with Crippen LogP contribution in [0.15, 0.2) is 0 Å². The molecule has 0 saturated carbocycles. The van der Waals surface area contributed by atoms with Crippen LogP contribution in [0, 0.1) is 5.92 Å². The minimum Gasteiger partial charge on any atom is -0.322 e. The lowest BCUT2D eigenvalue weighted by Gasteiger charge is -2.08. The van der Waals surface area contributed by atoms with Crippen molar-refractivity contribution in [3.63, 3.8) is 0 Å². The summed E-state index contributed by atoms with van der Waals surface area (Å²) in [5.41, 5.74) is 5.47. The number of Topliss-reactive ketones (excluding diaryl/α,β-unsaturated/α-hetero) is 1. The lowest BCUT2D eigenvalue weighted by atomic mass is 10.0. The molecule has 0 aromatic rings. The van der Waals surface area contributed by atoms with Crippen LogP contribution in [0.2, 0.25) is 0 Å². The number of ketones is 1. The molecular formula is C7H16ClNO. The lowest BCUT2D eigenvalue weighted by molar-refractivity contribution is -0.118. The molecular weight excluding hydrogens is 150 g/mol. The highest BCUT2D eigenvalue weighted by atomic mass is 35.5. The van der Waals surface area contributed by atoms with Crippen molar-refractivity contribution in [2.75, 3.05) is 0 Å². The molecule has 0 aliphatic rings. The molecule has 0 rings (SSSR count). The van der Waals surface area contributed by atoms with E-state index in [0.717, 1.165) is 6.42 Å². The third kappa shape index (κ3) is 6.05. The lowest BCUT2D eigenvalue weighted by Crippen LogP contribution is -2.29. The zero-order valence-electron chi connectivity index (χ0n) is 6.76. The number of hydrogen-bond acceptors (Lipinski definition) is 2. The van der Waals surface area contributed by atoms with E-state index in [2.05, 4.69) is 13.8 Å². The topological polar surface area (TPSA) is 43.1 Å². The zero-order valence-corrected chi connectivity index (χ0v) is 7.57. The van der Waals surface area contributed by atoms with Gasteiger partial charge >= 0.3 is 0 Å². The van der Waals surface area contributed by atoms with Gasteiger partial charge in [-0.25, -0.2) is 0 Å². The zero-order chi connectivity index (χ0) is 7.44. The van der Waals surface area contributed by atoms with Crippen molar-refractivity contribution in [3.05, 3.63) is 0 Å². The SMILES string of the molecule is CC(=O)[C@@H](N)CC(C)C.Cl. The Balaban J connectivity index is 0. The van der Waals surface area contributed by atoms with Crippen LogP contribution in [0.5, 0.6) is 0 Å². The van der Waals surface area contributed by atoms with Crippen LogP contribution in [-0.4, -0.2) is 11.8 Å². The number of halogens is 1. The fourth-order valence-corrected chi connectivity index (χ4v) is 0.674. The van der Waals surface area contributed by atoms with Crippen molar-refractivity contribution in [1.82, 2.24) is 0 Å². The number of carbonyl (C=O) groups is 1. The predicted molar refractivity (Wildman–Crippen MR) is 45.4 cm³/mol. The maximum Gasteiger partial charge on any atom is 0.146 e. The normalized spacial score (nSPS) is 12.5. The second-order valence-corrected chi connectivity index (χ2v) is 2.85. The van der Waals surface area contributed by atoms with E-state index in [1.807, 2.05) is 0 Å². The Bertz CT molecular complexity index is 104. The Labute approximate surface area is 68.6 Å². The predicted octanol–water partition coefficient (Wildman–Crippen LogP) is 1.37. The number of carbonyl (C=O) groups excluding carboxylic acids is 1. The highest BCUT2D eigenvalue weighted by Crippen LogP contribution is 2.02. The summed E-state index contributed by atoms with van der Waals surface area (Å²) in [6.45, 7) is 5.65. The Morgan fingerprint density at radius 1 is 1.50 bits per heavy atom. The highest BCUT2D eigenvalue weighted by molar-refractivity contribution is 5.85. The van der Waals surface area contributed by atoms with E-state index in [4.69, 9.17) is 5.73 Å². The summed E-state index contributed by atoms with van der Waals surface area (Å²) >= 11 is 0. The third-order valence-electron chi connectivity index (χ3n) is 1.25. The molecule has 1 atom stereocenters. The van der Waals surface area contributed by atoms with Gasteiger partial charge in [0.2, 0.25) is 0 Å². The number of nitrogens with two attached hydrogens (primary N) is 1. The fraction of sp³-hybridized carbons (Fsp3) is 0.857. The molecule has 0 aromatic heterocycles. The minimum atomic E-state index is -0.245. The Hall–Kier alpha value is -0.0800. The van der Waals surface area contributed by atoms with E-state index in [0.29, 0.717) is 5.92 Å². The molecule has 2 nitrogen and oxygen atoms in total. The average Bonchev–Trinajstić information content (AvgIpc) is 1.63. The summed E-state index contributed by atoms with van der Waals surface area (Å²) in [6.07, 6.45) is 0.801. The van der Waals surface area contributed by atoms with Gasteiger partial charge in [0, 0.05) is 0 Å². The minimum absolute atomic E-state index is 0. The monoisotopic (exact) mass is 165 g/mol. The first kappa shape index (κ1) is 12.6. The molecule has 0 saturated heterocycles. The maximum absolute atomic E-state index is 10.6. The van der Waals surface area contributed by atoms with Crippen molar-refractivity contribution in [1.29, 1.82) is 0 Å². The molecule has 0 aliphatic heterocycles. The van der Waals surface area contributed by atoms with E-state index in [1.54, 1.807) is 0 Å². The van der Waals surface area contributed by atoms with Crippen LogP contribution in [0.1, 0.15) is 27.2 Å². The number of rotatable bonds is 3. The molecule has 3 heteroatoms. The van der Waals surface area contributed by atoms with Crippen LogP contribution in [0.4, 0.5) is 0 Å². The summed E-state index contributed by atoms with van der Waals surface area (Å²) in [6, 6.07) is -0.245. The van der Waals surface area contributed by atoms with Crippen LogP contribution < -0.4 is 5.73 Å². The standard InChI is InChI=1S/C7H15NO.ClH/c1-5(2)4-7(8)6(3)9;/h5,7H,4,8H2,1-3H3;1H/t7-;/m0./s1. The molecule has 0 radical (unpaired) electrons. The first-order valence-electron chi connectivity index (χ1n) is 3.30. The summed E-state index contributed by atoms with van der Waals surface area (Å²) < 4.78 is 0. The molecule has 0 spiro atoms. The maximum atomic E-state index is 10.6. The van der Waals surface area contributed by atoms with Gasteiger partial charge in [-0.1, -0.05) is 13.8 Å².